The molecular formula is C10H9BrClN3. The first-order chi connectivity index (χ1) is 7.20. The molecule has 1 heterocycles. The molecule has 3 nitrogen and oxygen atoms in total. The highest BCUT2D eigenvalue weighted by molar-refractivity contribution is 9.10. The van der Waals surface area contributed by atoms with Crippen LogP contribution in [0.5, 0.6) is 0 Å². The number of aromatic nitrogens is 2. The molecule has 0 fully saturated rings. The second kappa shape index (κ2) is 4.35. The molecule has 0 spiro atoms. The van der Waals surface area contributed by atoms with Crippen molar-refractivity contribution >= 4 is 27.5 Å². The Morgan fingerprint density at radius 1 is 1.47 bits per heavy atom. The fraction of sp³-hybridized carbons (Fsp3) is 0.100. The number of hydrogen-bond acceptors (Lipinski definition) is 2. The Kier molecular flexibility index (Phi) is 3.09. The normalized spacial score (nSPS) is 10.6. The number of nitrogens with one attached hydrogen (secondary N) is 1. The molecular weight excluding hydrogens is 277 g/mol. The maximum Gasteiger partial charge on any atom is 0.120 e. The minimum Gasteiger partial charge on any atom is -0.341 e. The Morgan fingerprint density at radius 2 is 2.27 bits per heavy atom. The smallest absolute Gasteiger partial charge is 0.120 e. The Balaban J connectivity index is 2.44. The molecule has 0 saturated carbocycles. The minimum absolute atomic E-state index is 0.397. The molecule has 15 heavy (non-hydrogen) atoms. The highest BCUT2D eigenvalue weighted by atomic mass is 79.9. The SMILES string of the molecule is NCc1ncc(-c2ccc(Br)cc2Cl)[nH]1. The molecule has 0 aliphatic carbocycles. The number of imidazole rings is 1. The van der Waals surface area contributed by atoms with E-state index in [1.807, 2.05) is 18.2 Å². The molecule has 1 aromatic carbocycles. The van der Waals surface area contributed by atoms with E-state index in [0.717, 1.165) is 21.6 Å². The first-order valence-corrected chi connectivity index (χ1v) is 5.57. The van der Waals surface area contributed by atoms with Crippen molar-refractivity contribution in [2.45, 2.75) is 6.54 Å². The van der Waals surface area contributed by atoms with E-state index in [1.165, 1.54) is 0 Å². The summed E-state index contributed by atoms with van der Waals surface area (Å²) in [6, 6.07) is 5.71. The lowest BCUT2D eigenvalue weighted by Gasteiger charge is -2.01. The second-order valence-electron chi connectivity index (χ2n) is 3.07. The summed E-state index contributed by atoms with van der Waals surface area (Å²) in [5.41, 5.74) is 7.27. The van der Waals surface area contributed by atoms with Gasteiger partial charge in [0.2, 0.25) is 0 Å². The maximum absolute atomic E-state index is 6.11. The molecule has 0 atom stereocenters. The number of hydrogen-bond donors (Lipinski definition) is 2. The van der Waals surface area contributed by atoms with E-state index in [2.05, 4.69) is 25.9 Å². The lowest BCUT2D eigenvalue weighted by Crippen LogP contribution is -1.97. The van der Waals surface area contributed by atoms with Gasteiger partial charge in [-0.1, -0.05) is 33.6 Å². The van der Waals surface area contributed by atoms with E-state index in [4.69, 9.17) is 17.3 Å². The third-order valence-corrected chi connectivity index (χ3v) is 2.85. The highest BCUT2D eigenvalue weighted by Crippen LogP contribution is 2.29. The van der Waals surface area contributed by atoms with Crippen molar-refractivity contribution in [1.29, 1.82) is 0 Å². The zero-order valence-corrected chi connectivity index (χ0v) is 10.1. The number of halogens is 2. The molecule has 0 bridgehead atoms. The summed E-state index contributed by atoms with van der Waals surface area (Å²) in [5, 5.41) is 0.677. The number of nitrogens with two attached hydrogens (primary N) is 1. The molecule has 0 amide bonds. The lowest BCUT2D eigenvalue weighted by molar-refractivity contribution is 0.950. The minimum atomic E-state index is 0.397. The molecule has 0 radical (unpaired) electrons. The monoisotopic (exact) mass is 285 g/mol. The maximum atomic E-state index is 6.11. The summed E-state index contributed by atoms with van der Waals surface area (Å²) < 4.78 is 0.954. The summed E-state index contributed by atoms with van der Waals surface area (Å²) in [7, 11) is 0. The van der Waals surface area contributed by atoms with Crippen molar-refractivity contribution in [2.24, 2.45) is 5.73 Å². The predicted octanol–water partition coefficient (Wildman–Crippen LogP) is 2.95. The van der Waals surface area contributed by atoms with Gasteiger partial charge in [-0.3, -0.25) is 0 Å². The van der Waals surface area contributed by atoms with Crippen molar-refractivity contribution in [1.82, 2.24) is 9.97 Å². The molecule has 78 valence electrons. The van der Waals surface area contributed by atoms with Crippen LogP contribution in [0.2, 0.25) is 5.02 Å². The van der Waals surface area contributed by atoms with Crippen LogP contribution < -0.4 is 5.73 Å². The zero-order valence-electron chi connectivity index (χ0n) is 7.80. The van der Waals surface area contributed by atoms with Gasteiger partial charge in [0.1, 0.15) is 5.82 Å². The number of H-pyrrole nitrogens is 1. The van der Waals surface area contributed by atoms with E-state index in [1.54, 1.807) is 6.20 Å². The molecule has 5 heteroatoms. The van der Waals surface area contributed by atoms with Gasteiger partial charge in [0, 0.05) is 10.0 Å². The number of benzene rings is 1. The molecule has 1 aromatic heterocycles. The van der Waals surface area contributed by atoms with E-state index in [-0.39, 0.29) is 0 Å². The molecule has 0 aliphatic rings. The standard InChI is InChI=1S/C10H9BrClN3/c11-6-1-2-7(8(12)3-6)9-5-14-10(4-13)15-9/h1-3,5H,4,13H2,(H,14,15). The first-order valence-electron chi connectivity index (χ1n) is 4.40. The van der Waals surface area contributed by atoms with Crippen LogP contribution in [0.4, 0.5) is 0 Å². The largest absolute Gasteiger partial charge is 0.341 e. The van der Waals surface area contributed by atoms with Crippen molar-refractivity contribution < 1.29 is 0 Å². The van der Waals surface area contributed by atoms with Crippen LogP contribution >= 0.6 is 27.5 Å². The summed E-state index contributed by atoms with van der Waals surface area (Å²) in [4.78, 5) is 7.23. The third-order valence-electron chi connectivity index (χ3n) is 2.04. The van der Waals surface area contributed by atoms with Gasteiger partial charge in [-0.05, 0) is 12.1 Å². The van der Waals surface area contributed by atoms with Gasteiger partial charge in [-0.15, -0.1) is 0 Å². The Bertz CT molecular complexity index is 481. The van der Waals surface area contributed by atoms with E-state index in [9.17, 15) is 0 Å². The Morgan fingerprint density at radius 3 is 2.87 bits per heavy atom. The first kappa shape index (κ1) is 10.7. The summed E-state index contributed by atoms with van der Waals surface area (Å²) >= 11 is 9.46. The molecule has 2 rings (SSSR count). The molecule has 3 N–H and O–H groups in total. The van der Waals surface area contributed by atoms with Crippen molar-refractivity contribution in [3.8, 4) is 11.3 Å². The molecule has 2 aromatic rings. The third kappa shape index (κ3) is 2.22. The molecule has 0 unspecified atom stereocenters. The van der Waals surface area contributed by atoms with Crippen LogP contribution in [-0.2, 0) is 6.54 Å². The molecule has 0 saturated heterocycles. The lowest BCUT2D eigenvalue weighted by atomic mass is 10.2. The van der Waals surface area contributed by atoms with Crippen LogP contribution in [0, 0.1) is 0 Å². The summed E-state index contributed by atoms with van der Waals surface area (Å²) in [5.74, 6) is 0.754. The van der Waals surface area contributed by atoms with Gasteiger partial charge >= 0.3 is 0 Å². The number of aromatic amines is 1. The predicted molar refractivity (Wildman–Crippen MR) is 64.6 cm³/mol. The van der Waals surface area contributed by atoms with Crippen LogP contribution in [0.25, 0.3) is 11.3 Å². The van der Waals surface area contributed by atoms with Crippen LogP contribution in [0.15, 0.2) is 28.9 Å². The van der Waals surface area contributed by atoms with E-state index < -0.39 is 0 Å². The van der Waals surface area contributed by atoms with Gasteiger partial charge in [-0.25, -0.2) is 4.98 Å². The summed E-state index contributed by atoms with van der Waals surface area (Å²) in [6.07, 6.45) is 1.73. The average molecular weight is 287 g/mol. The molecule has 0 aliphatic heterocycles. The van der Waals surface area contributed by atoms with Crippen LogP contribution in [0.1, 0.15) is 5.82 Å². The topological polar surface area (TPSA) is 54.7 Å². The van der Waals surface area contributed by atoms with Gasteiger partial charge < -0.3 is 10.7 Å². The highest BCUT2D eigenvalue weighted by Gasteiger charge is 2.06. The van der Waals surface area contributed by atoms with Gasteiger partial charge in [0.15, 0.2) is 0 Å². The van der Waals surface area contributed by atoms with Crippen molar-refractivity contribution in [3.63, 3.8) is 0 Å². The number of rotatable bonds is 2. The quantitative estimate of drug-likeness (QED) is 0.892. The van der Waals surface area contributed by atoms with Crippen molar-refractivity contribution in [3.05, 3.63) is 39.7 Å². The summed E-state index contributed by atoms with van der Waals surface area (Å²) in [6.45, 7) is 0.397. The Hall–Kier alpha value is -0.840. The van der Waals surface area contributed by atoms with Gasteiger partial charge in [-0.2, -0.15) is 0 Å². The van der Waals surface area contributed by atoms with Gasteiger partial charge in [0.05, 0.1) is 23.5 Å². The van der Waals surface area contributed by atoms with Crippen LogP contribution in [-0.4, -0.2) is 9.97 Å². The fourth-order valence-electron chi connectivity index (χ4n) is 1.31. The average Bonchev–Trinajstić information content (AvgIpc) is 2.66. The zero-order chi connectivity index (χ0) is 10.8. The second-order valence-corrected chi connectivity index (χ2v) is 4.39. The Labute approximate surface area is 101 Å². The fourth-order valence-corrected chi connectivity index (χ4v) is 2.09. The van der Waals surface area contributed by atoms with Crippen LogP contribution in [0.3, 0.4) is 0 Å². The number of nitrogens with zero attached hydrogens (tertiary/aromatic N) is 1. The van der Waals surface area contributed by atoms with Gasteiger partial charge in [0.25, 0.3) is 0 Å². The van der Waals surface area contributed by atoms with E-state index in [0.29, 0.717) is 11.6 Å². The van der Waals surface area contributed by atoms with E-state index >= 15 is 0 Å². The van der Waals surface area contributed by atoms with Crippen molar-refractivity contribution in [2.75, 3.05) is 0 Å².